The quantitative estimate of drug-likeness (QED) is 0.730. The van der Waals surface area contributed by atoms with Crippen LogP contribution in [0.25, 0.3) is 0 Å². The Bertz CT molecular complexity index is 914. The number of aromatic nitrogens is 2. The third-order valence-corrected chi connectivity index (χ3v) is 7.90. The summed E-state index contributed by atoms with van der Waals surface area (Å²) in [4.78, 5) is 0.275. The molecule has 6 nitrogen and oxygen atoms in total. The van der Waals surface area contributed by atoms with E-state index in [1.54, 1.807) is 22.6 Å². The van der Waals surface area contributed by atoms with Crippen LogP contribution < -0.4 is 4.74 Å². The molecule has 2 atom stereocenters. The third kappa shape index (κ3) is 2.97. The van der Waals surface area contributed by atoms with Gasteiger partial charge in [-0.05, 0) is 66.2 Å². The number of ether oxygens (including phenoxy) is 1. The van der Waals surface area contributed by atoms with Gasteiger partial charge in [0, 0.05) is 18.3 Å². The fraction of sp³-hybridized carbons (Fsp3) is 0.500. The molecule has 26 heavy (non-hydrogen) atoms. The predicted octanol–water partition coefficient (Wildman–Crippen LogP) is 3.52. The highest BCUT2D eigenvalue weighted by molar-refractivity contribution is 9.10. The van der Waals surface area contributed by atoms with Gasteiger partial charge in [-0.3, -0.25) is 4.68 Å². The Labute approximate surface area is 162 Å². The van der Waals surface area contributed by atoms with Crippen molar-refractivity contribution in [2.45, 2.75) is 55.6 Å². The molecule has 0 saturated carbocycles. The summed E-state index contributed by atoms with van der Waals surface area (Å²) in [6.45, 7) is 1.90. The van der Waals surface area contributed by atoms with Crippen molar-refractivity contribution in [3.8, 4) is 5.75 Å². The van der Waals surface area contributed by atoms with Crippen molar-refractivity contribution >= 4 is 26.0 Å². The molecular weight excluding hydrogens is 418 g/mol. The first kappa shape index (κ1) is 18.0. The summed E-state index contributed by atoms with van der Waals surface area (Å²) >= 11 is 3.44. The number of piperidine rings is 1. The Morgan fingerprint density at radius 3 is 2.46 bits per heavy atom. The summed E-state index contributed by atoms with van der Waals surface area (Å²) in [6.07, 6.45) is 7.13. The molecule has 2 aliphatic rings. The molecule has 3 heterocycles. The van der Waals surface area contributed by atoms with Gasteiger partial charge in [0.2, 0.25) is 10.0 Å². The molecular formula is C18H22BrN3O3S. The first-order valence-electron chi connectivity index (χ1n) is 8.78. The van der Waals surface area contributed by atoms with E-state index in [1.165, 1.54) is 7.11 Å². The number of nitrogens with zero attached hydrogens (tertiary/aromatic N) is 3. The van der Waals surface area contributed by atoms with Gasteiger partial charge in [-0.2, -0.15) is 9.40 Å². The first-order chi connectivity index (χ1) is 12.4. The van der Waals surface area contributed by atoms with Gasteiger partial charge in [-0.1, -0.05) is 6.07 Å². The second-order valence-electron chi connectivity index (χ2n) is 7.14. The Kier molecular flexibility index (Phi) is 4.61. The van der Waals surface area contributed by atoms with Gasteiger partial charge in [0.15, 0.2) is 0 Å². The van der Waals surface area contributed by atoms with Crippen LogP contribution >= 0.6 is 15.9 Å². The number of hydrogen-bond donors (Lipinski definition) is 0. The average molecular weight is 440 g/mol. The highest BCUT2D eigenvalue weighted by Gasteiger charge is 2.48. The van der Waals surface area contributed by atoms with Gasteiger partial charge in [0.05, 0.1) is 23.8 Å². The van der Waals surface area contributed by atoms with Crippen molar-refractivity contribution in [3.63, 3.8) is 0 Å². The van der Waals surface area contributed by atoms with Crippen LogP contribution in [0.4, 0.5) is 0 Å². The minimum Gasteiger partial charge on any atom is -0.495 e. The van der Waals surface area contributed by atoms with Gasteiger partial charge in [0.1, 0.15) is 10.6 Å². The number of benzene rings is 1. The molecule has 2 aromatic rings. The van der Waals surface area contributed by atoms with Gasteiger partial charge in [0.25, 0.3) is 0 Å². The van der Waals surface area contributed by atoms with E-state index in [4.69, 9.17) is 4.74 Å². The number of aryl methyl sites for hydroxylation is 1. The van der Waals surface area contributed by atoms with Crippen molar-refractivity contribution in [2.75, 3.05) is 7.11 Å². The molecule has 1 aromatic carbocycles. The molecule has 2 saturated heterocycles. The van der Waals surface area contributed by atoms with Crippen LogP contribution in [-0.4, -0.2) is 41.7 Å². The maximum atomic E-state index is 13.4. The zero-order chi connectivity index (χ0) is 18.5. The second-order valence-corrected chi connectivity index (χ2v) is 9.87. The molecule has 0 N–H and O–H groups in total. The topological polar surface area (TPSA) is 64.4 Å². The summed E-state index contributed by atoms with van der Waals surface area (Å²) in [6, 6.07) is 5.58. The zero-order valence-electron chi connectivity index (χ0n) is 14.8. The lowest BCUT2D eigenvalue weighted by Crippen LogP contribution is -2.46. The Morgan fingerprint density at radius 1 is 1.19 bits per heavy atom. The fourth-order valence-electron chi connectivity index (χ4n) is 4.33. The second kappa shape index (κ2) is 6.65. The van der Waals surface area contributed by atoms with Crippen LogP contribution in [0.3, 0.4) is 0 Å². The van der Waals surface area contributed by atoms with Crippen molar-refractivity contribution in [1.82, 2.24) is 14.1 Å². The lowest BCUT2D eigenvalue weighted by molar-refractivity contribution is 0.184. The molecule has 8 heteroatoms. The summed E-state index contributed by atoms with van der Waals surface area (Å²) < 4.78 is 36.9. The molecule has 2 aliphatic heterocycles. The fourth-order valence-corrected chi connectivity index (χ4v) is 6.76. The van der Waals surface area contributed by atoms with Crippen LogP contribution in [0, 0.1) is 6.92 Å². The summed E-state index contributed by atoms with van der Waals surface area (Å²) in [7, 11) is -2.08. The highest BCUT2D eigenvalue weighted by Crippen LogP contribution is 2.45. The van der Waals surface area contributed by atoms with Gasteiger partial charge >= 0.3 is 0 Å². The van der Waals surface area contributed by atoms with E-state index >= 15 is 0 Å². The summed E-state index contributed by atoms with van der Waals surface area (Å²) in [5.41, 5.74) is 0.910. The zero-order valence-corrected chi connectivity index (χ0v) is 17.2. The third-order valence-electron chi connectivity index (χ3n) is 5.46. The Balaban J connectivity index is 1.66. The maximum absolute atomic E-state index is 13.4. The smallest absolute Gasteiger partial charge is 0.247 e. The highest BCUT2D eigenvalue weighted by atomic mass is 79.9. The van der Waals surface area contributed by atoms with E-state index in [0.717, 1.165) is 35.7 Å². The Hall–Kier alpha value is -1.38. The van der Waals surface area contributed by atoms with E-state index in [2.05, 4.69) is 21.0 Å². The molecule has 0 spiro atoms. The average Bonchev–Trinajstić information content (AvgIpc) is 3.16. The molecule has 0 amide bonds. The SMILES string of the molecule is COc1ccc(C)cc1S(=O)(=O)N1C2CCC1CC(n1cc(Br)cn1)C2. The molecule has 0 radical (unpaired) electrons. The lowest BCUT2D eigenvalue weighted by atomic mass is 10.00. The lowest BCUT2D eigenvalue weighted by Gasteiger charge is -2.38. The van der Waals surface area contributed by atoms with Crippen LogP contribution in [0.5, 0.6) is 5.75 Å². The van der Waals surface area contributed by atoms with Gasteiger partial charge in [-0.25, -0.2) is 8.42 Å². The summed E-state index contributed by atoms with van der Waals surface area (Å²) in [5.74, 6) is 0.410. The minimum absolute atomic E-state index is 0.0111. The largest absolute Gasteiger partial charge is 0.495 e. The van der Waals surface area contributed by atoms with Crippen LogP contribution in [0.2, 0.25) is 0 Å². The van der Waals surface area contributed by atoms with E-state index in [0.29, 0.717) is 5.75 Å². The van der Waals surface area contributed by atoms with Crippen molar-refractivity contribution in [3.05, 3.63) is 40.6 Å². The number of halogens is 1. The van der Waals surface area contributed by atoms with E-state index in [1.807, 2.05) is 23.9 Å². The van der Waals surface area contributed by atoms with E-state index in [9.17, 15) is 8.42 Å². The summed E-state index contributed by atoms with van der Waals surface area (Å²) in [5, 5.41) is 4.40. The van der Waals surface area contributed by atoms with E-state index < -0.39 is 10.0 Å². The first-order valence-corrected chi connectivity index (χ1v) is 11.0. The molecule has 4 rings (SSSR count). The molecule has 2 unspecified atom stereocenters. The number of methoxy groups -OCH3 is 1. The molecule has 2 fully saturated rings. The monoisotopic (exact) mass is 439 g/mol. The van der Waals surface area contributed by atoms with Crippen molar-refractivity contribution < 1.29 is 13.2 Å². The normalized spacial score (nSPS) is 26.2. The van der Waals surface area contributed by atoms with E-state index in [-0.39, 0.29) is 23.0 Å². The van der Waals surface area contributed by atoms with Crippen molar-refractivity contribution in [2.24, 2.45) is 0 Å². The van der Waals surface area contributed by atoms with Crippen LogP contribution in [0.15, 0.2) is 40.0 Å². The Morgan fingerprint density at radius 2 is 1.88 bits per heavy atom. The minimum atomic E-state index is -3.59. The molecule has 1 aromatic heterocycles. The maximum Gasteiger partial charge on any atom is 0.247 e. The number of hydrogen-bond acceptors (Lipinski definition) is 4. The molecule has 2 bridgehead atoms. The van der Waals surface area contributed by atoms with Crippen LogP contribution in [-0.2, 0) is 10.0 Å². The van der Waals surface area contributed by atoms with Crippen LogP contribution in [0.1, 0.15) is 37.3 Å². The predicted molar refractivity (Wildman–Crippen MR) is 102 cm³/mol. The number of sulfonamides is 1. The van der Waals surface area contributed by atoms with Crippen molar-refractivity contribution in [1.29, 1.82) is 0 Å². The number of rotatable bonds is 4. The molecule has 0 aliphatic carbocycles. The number of fused-ring (bicyclic) bond motifs is 2. The van der Waals surface area contributed by atoms with Gasteiger partial charge in [-0.15, -0.1) is 0 Å². The molecule has 140 valence electrons. The van der Waals surface area contributed by atoms with Gasteiger partial charge < -0.3 is 4.74 Å². The standard InChI is InChI=1S/C18H22BrN3O3S/c1-12-3-6-17(25-2)18(7-12)26(23,24)22-14-4-5-15(22)9-16(8-14)21-11-13(19)10-20-21/h3,6-7,10-11,14-16H,4-5,8-9H2,1-2H3.